The number of carbonyl (C=O) groups is 4. The van der Waals surface area contributed by atoms with E-state index in [4.69, 9.17) is 23.0 Å². The summed E-state index contributed by atoms with van der Waals surface area (Å²) >= 11 is 0. The predicted molar refractivity (Wildman–Crippen MR) is 219 cm³/mol. The molecule has 0 spiro atoms. The Bertz CT molecular complexity index is 1930. The first-order valence-electron chi connectivity index (χ1n) is 19.7. The summed E-state index contributed by atoms with van der Waals surface area (Å²) in [6.07, 6.45) is 3.96. The van der Waals surface area contributed by atoms with Crippen molar-refractivity contribution < 1.29 is 46.8 Å². The van der Waals surface area contributed by atoms with E-state index < -0.39 is 31.4 Å². The van der Waals surface area contributed by atoms with Crippen LogP contribution in [0.1, 0.15) is 91.8 Å². The lowest BCUT2D eigenvalue weighted by atomic mass is 9.90. The number of hydrogen-bond donors (Lipinski definition) is 3. The Hall–Kier alpha value is -5.27. The van der Waals surface area contributed by atoms with Crippen LogP contribution in [0.25, 0.3) is 11.3 Å². The van der Waals surface area contributed by atoms with Crippen LogP contribution in [0.15, 0.2) is 95.4 Å². The molecule has 4 aromatic rings. The van der Waals surface area contributed by atoms with Crippen LogP contribution in [0.3, 0.4) is 0 Å². The number of nitrogens with zero attached hydrogens (tertiary/aromatic N) is 1. The minimum Gasteiger partial charge on any atom is -0.488 e. The average molecular weight is 819 g/mol. The van der Waals surface area contributed by atoms with Gasteiger partial charge in [0.15, 0.2) is 5.76 Å². The summed E-state index contributed by atoms with van der Waals surface area (Å²) in [5.41, 5.74) is 2.46. The molecule has 0 saturated carbocycles. The van der Waals surface area contributed by atoms with E-state index in [1.165, 1.54) is 11.1 Å². The van der Waals surface area contributed by atoms with Crippen molar-refractivity contribution in [2.75, 3.05) is 26.2 Å². The highest BCUT2D eigenvalue weighted by atomic mass is 31.2. The second kappa shape index (κ2) is 23.8. The topological polar surface area (TPSA) is 175 Å². The third kappa shape index (κ3) is 13.7. The Labute approximate surface area is 340 Å². The fourth-order valence-electron chi connectivity index (χ4n) is 6.23. The number of amides is 4. The zero-order valence-electron chi connectivity index (χ0n) is 33.6. The zero-order chi connectivity index (χ0) is 41.8. The summed E-state index contributed by atoms with van der Waals surface area (Å²) in [6.45, 7) is 7.80. The lowest BCUT2D eigenvalue weighted by Gasteiger charge is -2.32. The maximum atomic E-state index is 13.6. The predicted octanol–water partition coefficient (Wildman–Crippen LogP) is 7.85. The van der Waals surface area contributed by atoms with Crippen LogP contribution in [0.5, 0.6) is 5.75 Å². The Morgan fingerprint density at radius 3 is 2.09 bits per heavy atom. The maximum Gasteiger partial charge on any atom is 0.349 e. The first-order chi connectivity index (χ1) is 28.1. The van der Waals surface area contributed by atoms with Gasteiger partial charge in [0.25, 0.3) is 11.8 Å². The van der Waals surface area contributed by atoms with Crippen LogP contribution < -0.4 is 20.7 Å². The zero-order valence-corrected chi connectivity index (χ0v) is 34.5. The molecule has 14 nitrogen and oxygen atoms in total. The molecule has 0 aliphatic carbocycles. The highest BCUT2D eigenvalue weighted by Crippen LogP contribution is 2.46. The van der Waals surface area contributed by atoms with Gasteiger partial charge in [-0.25, -0.2) is 5.06 Å². The molecule has 1 aromatic heterocycles. The van der Waals surface area contributed by atoms with Gasteiger partial charge in [0.2, 0.25) is 12.3 Å². The second-order valence-electron chi connectivity index (χ2n) is 13.3. The van der Waals surface area contributed by atoms with Gasteiger partial charge in [-0.15, -0.1) is 0 Å². The first-order valence-corrected chi connectivity index (χ1v) is 21.4. The standard InChI is InChI=1S/C43H55N4O10P/c1-5-9-12-21-35(37(6-2)47(31-48)54-28-33-19-15-11-16-20-33)41(49)44-29-45-43(51)39-25-24-38(57-39)34-22-23-36(40(26-34)53-27-32-17-13-10-14-18-32)42(50)46-30-58(52,55-7-3)56-8-4/h10-11,13-20,22-26,31,35,37H,5-9,12,21,27-30H2,1-4H3,(H,44,49)(H,45,51)(H,46,50)/t35-,37-/m1/s1. The molecule has 0 aliphatic rings. The fourth-order valence-corrected chi connectivity index (χ4v) is 7.61. The van der Waals surface area contributed by atoms with E-state index in [1.807, 2.05) is 67.6 Å². The Kier molecular flexibility index (Phi) is 18.7. The lowest BCUT2D eigenvalue weighted by molar-refractivity contribution is -0.200. The Balaban J connectivity index is 1.43. The van der Waals surface area contributed by atoms with Gasteiger partial charge in [-0.2, -0.15) is 0 Å². The molecule has 58 heavy (non-hydrogen) atoms. The van der Waals surface area contributed by atoms with E-state index in [-0.39, 0.29) is 62.4 Å². The van der Waals surface area contributed by atoms with Gasteiger partial charge in [0.05, 0.1) is 37.4 Å². The number of benzene rings is 3. The molecule has 4 amide bonds. The molecule has 0 bridgehead atoms. The molecule has 0 saturated heterocycles. The number of ether oxygens (including phenoxy) is 1. The summed E-state index contributed by atoms with van der Waals surface area (Å²) in [6, 6.07) is 26.3. The molecule has 0 radical (unpaired) electrons. The van der Waals surface area contributed by atoms with Gasteiger partial charge in [0.1, 0.15) is 31.0 Å². The van der Waals surface area contributed by atoms with E-state index in [0.717, 1.165) is 30.4 Å². The monoisotopic (exact) mass is 818 g/mol. The van der Waals surface area contributed by atoms with Gasteiger partial charge in [0, 0.05) is 5.56 Å². The van der Waals surface area contributed by atoms with Crippen molar-refractivity contribution in [3.8, 4) is 17.1 Å². The van der Waals surface area contributed by atoms with Crippen LogP contribution in [-0.4, -0.2) is 61.4 Å². The van der Waals surface area contributed by atoms with Crippen molar-refractivity contribution in [3.05, 3.63) is 113 Å². The normalized spacial score (nSPS) is 12.3. The quantitative estimate of drug-likeness (QED) is 0.0186. The molecule has 2 atom stereocenters. The van der Waals surface area contributed by atoms with E-state index >= 15 is 0 Å². The van der Waals surface area contributed by atoms with Crippen LogP contribution in [0.4, 0.5) is 0 Å². The van der Waals surface area contributed by atoms with Crippen LogP contribution >= 0.6 is 7.60 Å². The highest BCUT2D eigenvalue weighted by Gasteiger charge is 2.32. The molecular formula is C43H55N4O10P. The average Bonchev–Trinajstić information content (AvgIpc) is 3.74. The molecular weight excluding hydrogens is 763 g/mol. The number of hydroxylamine groups is 2. The number of furan rings is 1. The van der Waals surface area contributed by atoms with Crippen molar-refractivity contribution in [3.63, 3.8) is 0 Å². The molecule has 312 valence electrons. The van der Waals surface area contributed by atoms with E-state index in [1.54, 1.807) is 38.1 Å². The van der Waals surface area contributed by atoms with E-state index in [2.05, 4.69) is 22.9 Å². The number of nitrogens with one attached hydrogen (secondary N) is 3. The van der Waals surface area contributed by atoms with Crippen molar-refractivity contribution in [2.24, 2.45) is 5.92 Å². The third-order valence-corrected chi connectivity index (χ3v) is 11.0. The number of carbonyl (C=O) groups excluding carboxylic acids is 4. The number of unbranched alkanes of at least 4 members (excludes halogenated alkanes) is 2. The van der Waals surface area contributed by atoms with Gasteiger partial charge >= 0.3 is 7.60 Å². The van der Waals surface area contributed by atoms with Crippen LogP contribution in [0, 0.1) is 5.92 Å². The molecule has 3 aromatic carbocycles. The summed E-state index contributed by atoms with van der Waals surface area (Å²) in [7, 11) is -3.55. The van der Waals surface area contributed by atoms with Crippen LogP contribution in [0.2, 0.25) is 0 Å². The summed E-state index contributed by atoms with van der Waals surface area (Å²) in [5, 5.41) is 9.35. The van der Waals surface area contributed by atoms with Crippen molar-refractivity contribution in [1.29, 1.82) is 0 Å². The molecule has 0 unspecified atom stereocenters. The van der Waals surface area contributed by atoms with Crippen molar-refractivity contribution in [1.82, 2.24) is 21.0 Å². The smallest absolute Gasteiger partial charge is 0.349 e. The number of hydrogen-bond acceptors (Lipinski definition) is 10. The summed E-state index contributed by atoms with van der Waals surface area (Å²) in [5.74, 6) is -1.46. The largest absolute Gasteiger partial charge is 0.488 e. The Morgan fingerprint density at radius 2 is 1.47 bits per heavy atom. The van der Waals surface area contributed by atoms with Gasteiger partial charge in [-0.05, 0) is 62.1 Å². The first kappa shape index (κ1) is 45.4. The minimum absolute atomic E-state index is 0.00667. The highest BCUT2D eigenvalue weighted by molar-refractivity contribution is 7.53. The lowest BCUT2D eigenvalue weighted by Crippen LogP contribution is -2.48. The van der Waals surface area contributed by atoms with Gasteiger partial charge < -0.3 is 34.2 Å². The molecule has 4 rings (SSSR count). The summed E-state index contributed by atoms with van der Waals surface area (Å²) in [4.78, 5) is 58.2. The molecule has 1 heterocycles. The fraction of sp³-hybridized carbons (Fsp3) is 0.395. The third-order valence-electron chi connectivity index (χ3n) is 9.17. The minimum atomic E-state index is -3.55. The number of rotatable bonds is 26. The summed E-state index contributed by atoms with van der Waals surface area (Å²) < 4.78 is 35.6. The molecule has 0 aliphatic heterocycles. The second-order valence-corrected chi connectivity index (χ2v) is 15.3. The van der Waals surface area contributed by atoms with E-state index in [9.17, 15) is 23.7 Å². The molecule has 15 heteroatoms. The van der Waals surface area contributed by atoms with Crippen molar-refractivity contribution in [2.45, 2.75) is 79.1 Å². The van der Waals surface area contributed by atoms with Crippen molar-refractivity contribution >= 4 is 31.7 Å². The van der Waals surface area contributed by atoms with Crippen LogP contribution in [-0.2, 0) is 41.3 Å². The molecule has 0 fully saturated rings. The van der Waals surface area contributed by atoms with Gasteiger partial charge in [-0.3, -0.25) is 28.6 Å². The molecule has 3 N–H and O–H groups in total. The Morgan fingerprint density at radius 1 is 0.793 bits per heavy atom. The van der Waals surface area contributed by atoms with Gasteiger partial charge in [-0.1, -0.05) is 99.8 Å². The van der Waals surface area contributed by atoms with E-state index in [0.29, 0.717) is 30.6 Å². The SMILES string of the molecule is CCCCC[C@@H](C(=O)NCNC(=O)c1ccc(-c2ccc(C(=O)NCP(=O)(OCC)OCC)c(OCc3ccccc3)c2)o1)[C@@H](CC)N(C=O)OCc1ccccc1. The maximum absolute atomic E-state index is 13.6.